The number of hydrogen-bond donors (Lipinski definition) is 0. The van der Waals surface area contributed by atoms with E-state index in [4.69, 9.17) is 4.74 Å². The van der Waals surface area contributed by atoms with Crippen LogP contribution >= 0.6 is 0 Å². The van der Waals surface area contributed by atoms with Crippen molar-refractivity contribution in [3.8, 4) is 5.75 Å². The fraction of sp³-hybridized carbons (Fsp3) is 0.471. The summed E-state index contributed by atoms with van der Waals surface area (Å²) in [4.78, 5) is 6.30. The highest BCUT2D eigenvalue weighted by atomic mass is 32.2. The van der Waals surface area contributed by atoms with Crippen LogP contribution in [0.5, 0.6) is 5.75 Å². The summed E-state index contributed by atoms with van der Waals surface area (Å²) in [6.07, 6.45) is 3.88. The molecular formula is C17H24N4O3S. The molecule has 25 heavy (non-hydrogen) atoms. The van der Waals surface area contributed by atoms with E-state index in [1.54, 1.807) is 0 Å². The molecule has 0 radical (unpaired) electrons. The maximum Gasteiger partial charge on any atom is 0.308 e. The fourth-order valence-electron chi connectivity index (χ4n) is 2.95. The second-order valence-electron chi connectivity index (χ2n) is 6.55. The van der Waals surface area contributed by atoms with E-state index in [2.05, 4.69) is 22.9 Å². The first-order chi connectivity index (χ1) is 11.8. The summed E-state index contributed by atoms with van der Waals surface area (Å²) in [7, 11) is 1.41. The van der Waals surface area contributed by atoms with Crippen LogP contribution in [-0.2, 0) is 23.2 Å². The van der Waals surface area contributed by atoms with Gasteiger partial charge in [0, 0.05) is 39.0 Å². The summed E-state index contributed by atoms with van der Waals surface area (Å²) in [5.41, 5.74) is 1.21. The Kier molecular flexibility index (Phi) is 4.86. The van der Waals surface area contributed by atoms with Crippen LogP contribution in [0.2, 0.25) is 0 Å². The minimum absolute atomic E-state index is 0.0382. The molecule has 3 rings (SSSR count). The van der Waals surface area contributed by atoms with Crippen LogP contribution in [0.3, 0.4) is 0 Å². The number of nitrogens with zero attached hydrogens (tertiary/aromatic N) is 4. The van der Waals surface area contributed by atoms with Gasteiger partial charge in [0.15, 0.2) is 0 Å². The van der Waals surface area contributed by atoms with Gasteiger partial charge in [-0.25, -0.2) is 8.96 Å². The highest BCUT2D eigenvalue weighted by molar-refractivity contribution is 7.87. The summed E-state index contributed by atoms with van der Waals surface area (Å²) in [6.45, 7) is 2.50. The Labute approximate surface area is 149 Å². The number of likely N-dealkylation sites (N-methyl/N-ethyl adjacent to an activating group) is 1. The summed E-state index contributed by atoms with van der Waals surface area (Å²) in [5, 5.41) is 0. The van der Waals surface area contributed by atoms with Crippen molar-refractivity contribution in [2.24, 2.45) is 0 Å². The SMILES string of the molecule is C[C@@H]([C@H]1Cc2ccccc2O1)N(C)Cc1nccn1S(=O)(=O)N(C)C. The van der Waals surface area contributed by atoms with E-state index in [0.29, 0.717) is 12.4 Å². The zero-order chi connectivity index (χ0) is 18.2. The van der Waals surface area contributed by atoms with E-state index < -0.39 is 10.2 Å². The van der Waals surface area contributed by atoms with Crippen LogP contribution in [0, 0.1) is 0 Å². The molecule has 0 saturated heterocycles. The summed E-state index contributed by atoms with van der Waals surface area (Å²) in [5.74, 6) is 1.42. The van der Waals surface area contributed by atoms with Gasteiger partial charge in [0.25, 0.3) is 0 Å². The van der Waals surface area contributed by atoms with Gasteiger partial charge in [0.05, 0.1) is 6.54 Å². The highest BCUT2D eigenvalue weighted by Crippen LogP contribution is 2.30. The Morgan fingerprint density at radius 2 is 2.04 bits per heavy atom. The Hall–Kier alpha value is -1.90. The molecule has 1 aromatic heterocycles. The molecule has 0 aliphatic carbocycles. The molecule has 2 aromatic rings. The van der Waals surface area contributed by atoms with Gasteiger partial charge in [-0.3, -0.25) is 4.90 Å². The number of para-hydroxylation sites is 1. The van der Waals surface area contributed by atoms with Crippen molar-refractivity contribution >= 4 is 10.2 Å². The molecule has 1 aromatic carbocycles. The maximum atomic E-state index is 12.4. The molecule has 0 unspecified atom stereocenters. The molecule has 0 saturated carbocycles. The number of imidazole rings is 1. The second kappa shape index (κ2) is 6.78. The van der Waals surface area contributed by atoms with E-state index in [-0.39, 0.29) is 12.1 Å². The van der Waals surface area contributed by atoms with Crippen molar-refractivity contribution in [2.75, 3.05) is 21.1 Å². The number of benzene rings is 1. The topological polar surface area (TPSA) is 67.7 Å². The fourth-order valence-corrected chi connectivity index (χ4v) is 3.88. The lowest BCUT2D eigenvalue weighted by atomic mass is 10.0. The predicted molar refractivity (Wildman–Crippen MR) is 95.7 cm³/mol. The zero-order valence-electron chi connectivity index (χ0n) is 15.0. The molecule has 2 atom stereocenters. The predicted octanol–water partition coefficient (Wildman–Crippen LogP) is 1.36. The van der Waals surface area contributed by atoms with Gasteiger partial charge in [-0.05, 0) is 25.6 Å². The molecule has 7 nitrogen and oxygen atoms in total. The third-order valence-electron chi connectivity index (χ3n) is 4.69. The van der Waals surface area contributed by atoms with E-state index >= 15 is 0 Å². The van der Waals surface area contributed by atoms with Crippen LogP contribution < -0.4 is 4.74 Å². The Balaban J connectivity index is 1.72. The largest absolute Gasteiger partial charge is 0.488 e. The molecule has 0 fully saturated rings. The Morgan fingerprint density at radius 3 is 2.72 bits per heavy atom. The third-order valence-corrected chi connectivity index (χ3v) is 6.44. The average molecular weight is 364 g/mol. The van der Waals surface area contributed by atoms with E-state index in [1.807, 2.05) is 25.2 Å². The van der Waals surface area contributed by atoms with Gasteiger partial charge >= 0.3 is 10.2 Å². The molecule has 0 spiro atoms. The van der Waals surface area contributed by atoms with Gasteiger partial charge in [-0.1, -0.05) is 18.2 Å². The number of aromatic nitrogens is 2. The Morgan fingerprint density at radius 1 is 1.32 bits per heavy atom. The van der Waals surface area contributed by atoms with E-state index in [9.17, 15) is 8.42 Å². The molecule has 0 amide bonds. The van der Waals surface area contributed by atoms with Crippen LogP contribution in [0.15, 0.2) is 36.7 Å². The second-order valence-corrected chi connectivity index (χ2v) is 8.57. The molecule has 0 N–H and O–H groups in total. The molecular weight excluding hydrogens is 340 g/mol. The molecule has 1 aliphatic heterocycles. The van der Waals surface area contributed by atoms with Gasteiger partial charge in [-0.2, -0.15) is 12.7 Å². The molecule has 0 bridgehead atoms. The third kappa shape index (κ3) is 3.42. The Bertz CT molecular complexity index is 822. The normalized spacial score (nSPS) is 18.4. The van der Waals surface area contributed by atoms with Gasteiger partial charge in [0.1, 0.15) is 17.7 Å². The highest BCUT2D eigenvalue weighted by Gasteiger charge is 2.30. The van der Waals surface area contributed by atoms with Crippen LogP contribution in [0.25, 0.3) is 0 Å². The van der Waals surface area contributed by atoms with E-state index in [1.165, 1.54) is 40.3 Å². The maximum absolute atomic E-state index is 12.4. The van der Waals surface area contributed by atoms with Crippen molar-refractivity contribution in [3.63, 3.8) is 0 Å². The number of ether oxygens (including phenoxy) is 1. The minimum atomic E-state index is -3.57. The van der Waals surface area contributed by atoms with Gasteiger partial charge in [-0.15, -0.1) is 0 Å². The summed E-state index contributed by atoms with van der Waals surface area (Å²) in [6, 6.07) is 8.16. The monoisotopic (exact) mass is 364 g/mol. The zero-order valence-corrected chi connectivity index (χ0v) is 15.8. The lowest BCUT2D eigenvalue weighted by Gasteiger charge is -2.29. The van der Waals surface area contributed by atoms with Gasteiger partial charge in [0.2, 0.25) is 0 Å². The summed E-state index contributed by atoms with van der Waals surface area (Å²) >= 11 is 0. The first-order valence-corrected chi connectivity index (χ1v) is 9.60. The first-order valence-electron chi connectivity index (χ1n) is 8.20. The minimum Gasteiger partial charge on any atom is -0.488 e. The van der Waals surface area contributed by atoms with Crippen molar-refractivity contribution in [3.05, 3.63) is 48.0 Å². The number of hydrogen-bond acceptors (Lipinski definition) is 5. The lowest BCUT2D eigenvalue weighted by Crippen LogP contribution is -2.42. The average Bonchev–Trinajstić information content (AvgIpc) is 3.20. The molecule has 136 valence electrons. The van der Waals surface area contributed by atoms with Crippen LogP contribution in [-0.4, -0.2) is 59.9 Å². The van der Waals surface area contributed by atoms with Crippen molar-refractivity contribution < 1.29 is 13.2 Å². The smallest absolute Gasteiger partial charge is 0.308 e. The first kappa shape index (κ1) is 17.9. The molecule has 1 aliphatic rings. The number of rotatable bonds is 6. The quantitative estimate of drug-likeness (QED) is 0.774. The lowest BCUT2D eigenvalue weighted by molar-refractivity contribution is 0.103. The molecule has 2 heterocycles. The van der Waals surface area contributed by atoms with Crippen LogP contribution in [0.4, 0.5) is 0 Å². The summed E-state index contributed by atoms with van der Waals surface area (Å²) < 4.78 is 33.2. The van der Waals surface area contributed by atoms with Crippen molar-refractivity contribution in [1.29, 1.82) is 0 Å². The van der Waals surface area contributed by atoms with Gasteiger partial charge < -0.3 is 4.74 Å². The van der Waals surface area contributed by atoms with Crippen LogP contribution in [0.1, 0.15) is 18.3 Å². The van der Waals surface area contributed by atoms with E-state index in [0.717, 1.165) is 12.2 Å². The standard InChI is InChI=1S/C17H24N4O3S/c1-13(16-11-14-7-5-6-8-15(14)24-16)20(4)12-17-18-9-10-21(17)25(22,23)19(2)3/h5-10,13,16H,11-12H2,1-4H3/t13-,16+/m0/s1. The van der Waals surface area contributed by atoms with Crippen molar-refractivity contribution in [2.45, 2.75) is 32.0 Å². The van der Waals surface area contributed by atoms with Crippen molar-refractivity contribution in [1.82, 2.24) is 18.2 Å². The number of fused-ring (bicyclic) bond motifs is 1. The molecule has 8 heteroatoms.